The predicted molar refractivity (Wildman–Crippen MR) is 119 cm³/mol. The first-order valence-electron chi connectivity index (χ1n) is 8.54. The molecule has 0 aliphatic rings. The molecule has 1 heterocycles. The van der Waals surface area contributed by atoms with E-state index in [1.807, 2.05) is 22.8 Å². The molecule has 0 saturated heterocycles. The van der Waals surface area contributed by atoms with Crippen molar-refractivity contribution in [2.45, 2.75) is 39.2 Å². The van der Waals surface area contributed by atoms with E-state index in [0.29, 0.717) is 0 Å². The maximum absolute atomic E-state index is 6.34. The van der Waals surface area contributed by atoms with Gasteiger partial charge in [0.2, 0.25) is 0 Å². The Morgan fingerprint density at radius 2 is 2.00 bits per heavy atom. The first kappa shape index (κ1) is 22.7. The van der Waals surface area contributed by atoms with E-state index in [1.54, 1.807) is 13.4 Å². The number of aryl methyl sites for hydroxylation is 1. The van der Waals surface area contributed by atoms with Crippen molar-refractivity contribution in [3.05, 3.63) is 47.0 Å². The Morgan fingerprint density at radius 1 is 1.27 bits per heavy atom. The normalized spacial score (nSPS) is 11.8. The fourth-order valence-electron chi connectivity index (χ4n) is 2.66. The average molecular weight is 491 g/mol. The summed E-state index contributed by atoms with van der Waals surface area (Å²) in [6.07, 6.45) is 2.64. The molecule has 0 atom stereocenters. The van der Waals surface area contributed by atoms with Gasteiger partial charge in [-0.3, -0.25) is 4.99 Å². The largest absolute Gasteiger partial charge is 0.356 e. The smallest absolute Gasteiger partial charge is 0.191 e. The van der Waals surface area contributed by atoms with Gasteiger partial charge in [-0.25, -0.2) is 0 Å². The Hall–Kier alpha value is -1.35. The maximum Gasteiger partial charge on any atom is 0.191 e. The van der Waals surface area contributed by atoms with Crippen LogP contribution in [0.5, 0.6) is 0 Å². The molecule has 1 aromatic heterocycles. The second-order valence-electron chi connectivity index (χ2n) is 6.51. The molecule has 26 heavy (non-hydrogen) atoms. The van der Waals surface area contributed by atoms with Crippen molar-refractivity contribution in [2.24, 2.45) is 4.99 Å². The number of aromatic nitrogens is 3. The van der Waals surface area contributed by atoms with Gasteiger partial charge in [0.05, 0.1) is 0 Å². The molecule has 2 N–H and O–H groups in total. The Labute approximate surface area is 177 Å². The van der Waals surface area contributed by atoms with Crippen LogP contribution in [0.1, 0.15) is 32.2 Å². The number of benzene rings is 1. The molecule has 0 radical (unpaired) electrons. The second-order valence-corrected chi connectivity index (χ2v) is 6.92. The molecule has 8 heteroatoms. The zero-order valence-electron chi connectivity index (χ0n) is 15.8. The number of rotatable bonds is 7. The van der Waals surface area contributed by atoms with Crippen LogP contribution in [0, 0.1) is 0 Å². The number of hydrogen-bond acceptors (Lipinski definition) is 3. The van der Waals surface area contributed by atoms with Gasteiger partial charge in [-0.15, -0.1) is 34.2 Å². The first-order valence-corrected chi connectivity index (χ1v) is 8.92. The van der Waals surface area contributed by atoms with Crippen molar-refractivity contribution in [3.63, 3.8) is 0 Å². The van der Waals surface area contributed by atoms with Crippen LogP contribution in [-0.4, -0.2) is 40.9 Å². The van der Waals surface area contributed by atoms with Gasteiger partial charge in [0.1, 0.15) is 12.2 Å². The lowest BCUT2D eigenvalue weighted by atomic mass is 9.84. The van der Waals surface area contributed by atoms with Crippen LogP contribution in [0.2, 0.25) is 5.02 Å². The number of nitrogens with zero attached hydrogens (tertiary/aromatic N) is 4. The van der Waals surface area contributed by atoms with E-state index in [-0.39, 0.29) is 29.4 Å². The fourth-order valence-corrected chi connectivity index (χ4v) is 3.06. The molecule has 6 nitrogen and oxygen atoms in total. The van der Waals surface area contributed by atoms with Crippen molar-refractivity contribution in [1.82, 2.24) is 25.4 Å². The lowest BCUT2D eigenvalue weighted by molar-refractivity contribution is 0.507. The molecule has 144 valence electrons. The Balaban J connectivity index is 0.00000338. The fraction of sp³-hybridized carbons (Fsp3) is 0.500. The third-order valence-corrected chi connectivity index (χ3v) is 4.51. The summed E-state index contributed by atoms with van der Waals surface area (Å²) in [4.78, 5) is 4.29. The molecule has 2 aromatic rings. The van der Waals surface area contributed by atoms with Crippen LogP contribution in [0.3, 0.4) is 0 Å². The van der Waals surface area contributed by atoms with Crippen molar-refractivity contribution in [1.29, 1.82) is 0 Å². The molecule has 0 aliphatic heterocycles. The SMILES string of the molecule is CCc1nncn1CCNC(=NC)NCC(C)(C)c1ccccc1Cl.I. The summed E-state index contributed by atoms with van der Waals surface area (Å²) in [6, 6.07) is 7.96. The monoisotopic (exact) mass is 490 g/mol. The summed E-state index contributed by atoms with van der Waals surface area (Å²) in [5.41, 5.74) is 1.01. The summed E-state index contributed by atoms with van der Waals surface area (Å²) < 4.78 is 2.05. The molecule has 0 saturated carbocycles. The van der Waals surface area contributed by atoms with Gasteiger partial charge >= 0.3 is 0 Å². The zero-order chi connectivity index (χ0) is 18.3. The summed E-state index contributed by atoms with van der Waals surface area (Å²) in [5, 5.41) is 15.5. The summed E-state index contributed by atoms with van der Waals surface area (Å²) in [7, 11) is 1.77. The Morgan fingerprint density at radius 3 is 2.65 bits per heavy atom. The summed E-state index contributed by atoms with van der Waals surface area (Å²) in [6.45, 7) is 8.68. The van der Waals surface area contributed by atoms with E-state index in [1.165, 1.54) is 0 Å². The van der Waals surface area contributed by atoms with E-state index in [2.05, 4.69) is 52.7 Å². The van der Waals surface area contributed by atoms with Gasteiger partial charge in [-0.1, -0.05) is 50.6 Å². The van der Waals surface area contributed by atoms with Crippen LogP contribution in [0.4, 0.5) is 0 Å². The van der Waals surface area contributed by atoms with Crippen molar-refractivity contribution in [2.75, 3.05) is 20.1 Å². The predicted octanol–water partition coefficient (Wildman–Crippen LogP) is 3.25. The van der Waals surface area contributed by atoms with E-state index >= 15 is 0 Å². The number of aliphatic imine (C=N–C) groups is 1. The number of nitrogens with one attached hydrogen (secondary N) is 2. The zero-order valence-corrected chi connectivity index (χ0v) is 18.9. The number of halogens is 2. The van der Waals surface area contributed by atoms with Crippen LogP contribution in [-0.2, 0) is 18.4 Å². The minimum Gasteiger partial charge on any atom is -0.356 e. The third-order valence-electron chi connectivity index (χ3n) is 4.18. The van der Waals surface area contributed by atoms with E-state index in [0.717, 1.165) is 48.4 Å². The quantitative estimate of drug-likeness (QED) is 0.355. The van der Waals surface area contributed by atoms with Crippen molar-refractivity contribution < 1.29 is 0 Å². The van der Waals surface area contributed by atoms with Crippen LogP contribution >= 0.6 is 35.6 Å². The summed E-state index contributed by atoms with van der Waals surface area (Å²) >= 11 is 6.34. The number of guanidine groups is 1. The highest BCUT2D eigenvalue weighted by Crippen LogP contribution is 2.28. The van der Waals surface area contributed by atoms with Crippen LogP contribution in [0.15, 0.2) is 35.6 Å². The molecule has 1 aromatic carbocycles. The lowest BCUT2D eigenvalue weighted by Crippen LogP contribution is -2.44. The van der Waals surface area contributed by atoms with E-state index in [9.17, 15) is 0 Å². The number of hydrogen-bond donors (Lipinski definition) is 2. The molecular formula is C18H28ClIN6. The third kappa shape index (κ3) is 6.12. The molecule has 0 unspecified atom stereocenters. The topological polar surface area (TPSA) is 67.1 Å². The average Bonchev–Trinajstić information content (AvgIpc) is 3.05. The maximum atomic E-state index is 6.34. The molecule has 0 aliphatic carbocycles. The molecule has 0 amide bonds. The van der Waals surface area contributed by atoms with Gasteiger partial charge in [0.15, 0.2) is 5.96 Å². The minimum absolute atomic E-state index is 0. The molecule has 0 spiro atoms. The highest BCUT2D eigenvalue weighted by molar-refractivity contribution is 14.0. The van der Waals surface area contributed by atoms with Gasteiger partial charge < -0.3 is 15.2 Å². The van der Waals surface area contributed by atoms with E-state index < -0.39 is 0 Å². The van der Waals surface area contributed by atoms with Gasteiger partial charge in [0.25, 0.3) is 0 Å². The highest BCUT2D eigenvalue weighted by Gasteiger charge is 2.23. The van der Waals surface area contributed by atoms with E-state index in [4.69, 9.17) is 11.6 Å². The van der Waals surface area contributed by atoms with Crippen molar-refractivity contribution >= 4 is 41.5 Å². The minimum atomic E-state index is -0.111. The summed E-state index contributed by atoms with van der Waals surface area (Å²) in [5.74, 6) is 1.76. The standard InChI is InChI=1S/C18H27ClN6.HI/c1-5-16-24-23-13-25(16)11-10-21-17(20-4)22-12-18(2,3)14-8-6-7-9-15(14)19;/h6-9,13H,5,10-12H2,1-4H3,(H2,20,21,22);1H. The van der Waals surface area contributed by atoms with Gasteiger partial charge in [0, 0.05) is 43.5 Å². The molecular weight excluding hydrogens is 463 g/mol. The molecule has 2 rings (SSSR count). The van der Waals surface area contributed by atoms with Gasteiger partial charge in [-0.2, -0.15) is 0 Å². The van der Waals surface area contributed by atoms with Gasteiger partial charge in [-0.05, 0) is 11.6 Å². The lowest BCUT2D eigenvalue weighted by Gasteiger charge is -2.27. The molecule has 0 bridgehead atoms. The highest BCUT2D eigenvalue weighted by atomic mass is 127. The van der Waals surface area contributed by atoms with Crippen molar-refractivity contribution in [3.8, 4) is 0 Å². The van der Waals surface area contributed by atoms with Crippen LogP contribution < -0.4 is 10.6 Å². The van der Waals surface area contributed by atoms with Crippen LogP contribution in [0.25, 0.3) is 0 Å². The molecule has 0 fully saturated rings. The first-order chi connectivity index (χ1) is 12.0. The second kappa shape index (κ2) is 10.7. The Bertz CT molecular complexity index is 713. The Kier molecular flexibility index (Phi) is 9.35.